The summed E-state index contributed by atoms with van der Waals surface area (Å²) in [4.78, 5) is 18.5. The number of thioether (sulfide) groups is 1. The fourth-order valence-electron chi connectivity index (χ4n) is 3.37. The zero-order chi connectivity index (χ0) is 23.4. The molecule has 0 saturated carbocycles. The number of carbonyl (C=O) groups excluding carboxylic acids is 1. The summed E-state index contributed by atoms with van der Waals surface area (Å²) in [5.74, 6) is 1.02. The van der Waals surface area contributed by atoms with Crippen LogP contribution in [-0.2, 0) is 17.8 Å². The zero-order valence-electron chi connectivity index (χ0n) is 19.2. The summed E-state index contributed by atoms with van der Waals surface area (Å²) in [6, 6.07) is 8.46. The summed E-state index contributed by atoms with van der Waals surface area (Å²) in [7, 11) is 0. The van der Waals surface area contributed by atoms with Crippen molar-refractivity contribution < 1.29 is 4.79 Å². The second-order valence-electron chi connectivity index (χ2n) is 7.79. The smallest absolute Gasteiger partial charge is 0.236 e. The van der Waals surface area contributed by atoms with Crippen LogP contribution in [0.4, 0.5) is 5.13 Å². The molecule has 0 aliphatic carbocycles. The van der Waals surface area contributed by atoms with Crippen LogP contribution in [0.3, 0.4) is 0 Å². The average molecular weight is 498 g/mol. The van der Waals surface area contributed by atoms with Crippen molar-refractivity contribution in [3.63, 3.8) is 0 Å². The number of aromatic nitrogens is 4. The Hall–Kier alpha value is -2.49. The lowest BCUT2D eigenvalue weighted by Gasteiger charge is -2.08. The fourth-order valence-corrected chi connectivity index (χ4v) is 5.68. The molecule has 9 heteroatoms. The van der Waals surface area contributed by atoms with Crippen LogP contribution in [0.5, 0.6) is 0 Å². The minimum absolute atomic E-state index is 0.0996. The number of hydrogen-bond acceptors (Lipinski definition) is 7. The van der Waals surface area contributed by atoms with Crippen LogP contribution >= 0.6 is 34.4 Å². The van der Waals surface area contributed by atoms with E-state index >= 15 is 0 Å². The maximum absolute atomic E-state index is 12.6. The highest BCUT2D eigenvalue weighted by atomic mass is 32.2. The highest BCUT2D eigenvalue weighted by Gasteiger charge is 2.17. The van der Waals surface area contributed by atoms with E-state index in [4.69, 9.17) is 0 Å². The molecule has 4 rings (SSSR count). The summed E-state index contributed by atoms with van der Waals surface area (Å²) in [5, 5.41) is 17.2. The summed E-state index contributed by atoms with van der Waals surface area (Å²) in [6.07, 6.45) is 1.98. The summed E-state index contributed by atoms with van der Waals surface area (Å²) >= 11 is 4.59. The van der Waals surface area contributed by atoms with Gasteiger partial charge in [-0.25, -0.2) is 4.98 Å². The molecule has 3 aromatic heterocycles. The molecule has 0 aliphatic heterocycles. The molecule has 0 unspecified atom stereocenters. The van der Waals surface area contributed by atoms with Crippen molar-refractivity contribution in [2.75, 3.05) is 11.1 Å². The number of thiophene rings is 1. The third-order valence-electron chi connectivity index (χ3n) is 5.31. The lowest BCUT2D eigenvalue weighted by atomic mass is 10.1. The van der Waals surface area contributed by atoms with Gasteiger partial charge in [0, 0.05) is 33.3 Å². The first-order valence-corrected chi connectivity index (χ1v) is 13.7. The van der Waals surface area contributed by atoms with E-state index < -0.39 is 0 Å². The first kappa shape index (κ1) is 23.7. The monoisotopic (exact) mass is 497 g/mol. The minimum Gasteiger partial charge on any atom is -0.302 e. The zero-order valence-corrected chi connectivity index (χ0v) is 21.7. The van der Waals surface area contributed by atoms with Crippen molar-refractivity contribution in [2.24, 2.45) is 0 Å². The predicted molar refractivity (Wildman–Crippen MR) is 139 cm³/mol. The first-order chi connectivity index (χ1) is 16.0. The molecule has 0 spiro atoms. The van der Waals surface area contributed by atoms with Crippen LogP contribution in [0.2, 0.25) is 0 Å². The highest BCUT2D eigenvalue weighted by Crippen LogP contribution is 2.29. The molecule has 1 amide bonds. The van der Waals surface area contributed by atoms with E-state index in [0.29, 0.717) is 5.13 Å². The van der Waals surface area contributed by atoms with Crippen molar-refractivity contribution in [3.8, 4) is 22.6 Å². The lowest BCUT2D eigenvalue weighted by molar-refractivity contribution is -0.113. The van der Waals surface area contributed by atoms with Gasteiger partial charge in [0.1, 0.15) is 0 Å². The van der Waals surface area contributed by atoms with Crippen molar-refractivity contribution >= 4 is 45.5 Å². The molecule has 0 aliphatic rings. The van der Waals surface area contributed by atoms with E-state index in [0.717, 1.165) is 47.2 Å². The number of anilines is 1. The molecule has 4 aromatic rings. The molecule has 0 saturated heterocycles. The van der Waals surface area contributed by atoms with Crippen LogP contribution in [0, 0.1) is 13.8 Å². The molecule has 0 bridgehead atoms. The van der Waals surface area contributed by atoms with E-state index in [1.807, 2.05) is 5.38 Å². The molecule has 172 valence electrons. The Morgan fingerprint density at radius 2 is 1.91 bits per heavy atom. The number of carbonyl (C=O) groups is 1. The van der Waals surface area contributed by atoms with E-state index in [1.54, 1.807) is 11.3 Å². The number of amides is 1. The highest BCUT2D eigenvalue weighted by molar-refractivity contribution is 7.99. The maximum Gasteiger partial charge on any atom is 0.236 e. The van der Waals surface area contributed by atoms with Gasteiger partial charge in [-0.15, -0.1) is 32.9 Å². The Bertz CT molecular complexity index is 1260. The van der Waals surface area contributed by atoms with Crippen LogP contribution in [0.25, 0.3) is 22.6 Å². The van der Waals surface area contributed by atoms with Gasteiger partial charge in [-0.1, -0.05) is 37.7 Å². The van der Waals surface area contributed by atoms with Gasteiger partial charge in [0.05, 0.1) is 11.4 Å². The minimum atomic E-state index is -0.0996. The quantitative estimate of drug-likeness (QED) is 0.269. The normalized spacial score (nSPS) is 11.2. The van der Waals surface area contributed by atoms with E-state index in [9.17, 15) is 4.79 Å². The molecular formula is C24H27N5OS3. The molecular weight excluding hydrogens is 470 g/mol. The SMILES string of the molecule is CCCn1c(SCC(=O)Nc2nc(-c3ccc(C)c(C)c3)cs2)nnc1-c1csc(CC)c1. The van der Waals surface area contributed by atoms with Gasteiger partial charge in [0.25, 0.3) is 0 Å². The van der Waals surface area contributed by atoms with E-state index in [-0.39, 0.29) is 11.7 Å². The van der Waals surface area contributed by atoms with Crippen LogP contribution in [-0.4, -0.2) is 31.4 Å². The summed E-state index contributed by atoms with van der Waals surface area (Å²) in [5.41, 5.74) is 5.51. The van der Waals surface area contributed by atoms with Gasteiger partial charge in [0.2, 0.25) is 5.91 Å². The summed E-state index contributed by atoms with van der Waals surface area (Å²) in [6.45, 7) is 9.28. The van der Waals surface area contributed by atoms with Crippen LogP contribution in [0.15, 0.2) is 40.2 Å². The Kier molecular flexibility index (Phi) is 7.62. The molecule has 0 radical (unpaired) electrons. The third-order valence-corrected chi connectivity index (χ3v) is 8.12. The second kappa shape index (κ2) is 10.6. The number of benzene rings is 1. The molecule has 33 heavy (non-hydrogen) atoms. The number of thiazole rings is 1. The van der Waals surface area contributed by atoms with Crippen molar-refractivity contribution in [1.82, 2.24) is 19.7 Å². The Morgan fingerprint density at radius 3 is 2.64 bits per heavy atom. The Labute approximate surface area is 206 Å². The molecule has 1 N–H and O–H groups in total. The number of hydrogen-bond donors (Lipinski definition) is 1. The van der Waals surface area contributed by atoms with E-state index in [2.05, 4.69) is 82.4 Å². The van der Waals surface area contributed by atoms with Crippen LogP contribution in [0.1, 0.15) is 36.3 Å². The average Bonchev–Trinajstić information content (AvgIpc) is 3.54. The lowest BCUT2D eigenvalue weighted by Crippen LogP contribution is -2.14. The largest absolute Gasteiger partial charge is 0.302 e. The second-order valence-corrected chi connectivity index (χ2v) is 10.6. The van der Waals surface area contributed by atoms with Gasteiger partial charge in [-0.3, -0.25) is 4.79 Å². The van der Waals surface area contributed by atoms with Crippen molar-refractivity contribution in [3.05, 3.63) is 51.0 Å². The topological polar surface area (TPSA) is 72.7 Å². The molecule has 6 nitrogen and oxygen atoms in total. The van der Waals surface area contributed by atoms with Gasteiger partial charge >= 0.3 is 0 Å². The maximum atomic E-state index is 12.6. The fraction of sp³-hybridized carbons (Fsp3) is 0.333. The van der Waals surface area contributed by atoms with Gasteiger partial charge < -0.3 is 9.88 Å². The van der Waals surface area contributed by atoms with Gasteiger partial charge in [-0.2, -0.15) is 0 Å². The molecule has 1 aromatic carbocycles. The summed E-state index contributed by atoms with van der Waals surface area (Å²) < 4.78 is 2.11. The number of aryl methyl sites for hydroxylation is 3. The van der Waals surface area contributed by atoms with Crippen molar-refractivity contribution in [1.29, 1.82) is 0 Å². The Balaban J connectivity index is 1.41. The third kappa shape index (κ3) is 5.54. The molecule has 0 atom stereocenters. The standard InChI is InChI=1S/C24H27N5OS3/c1-5-9-29-22(18-11-19(6-2)31-12-18)27-28-24(29)33-14-21(30)26-23-25-20(13-32-23)17-8-7-15(3)16(4)10-17/h7-8,10-13H,5-6,9,14H2,1-4H3,(H,25,26,30). The van der Waals surface area contributed by atoms with Gasteiger partial charge in [0.15, 0.2) is 16.1 Å². The molecule has 0 fully saturated rings. The van der Waals surface area contributed by atoms with Crippen LogP contribution < -0.4 is 5.32 Å². The van der Waals surface area contributed by atoms with E-state index in [1.165, 1.54) is 39.1 Å². The van der Waals surface area contributed by atoms with Crippen molar-refractivity contribution in [2.45, 2.75) is 52.2 Å². The number of rotatable bonds is 9. The van der Waals surface area contributed by atoms with Gasteiger partial charge in [-0.05, 0) is 49.9 Å². The number of nitrogens with zero attached hydrogens (tertiary/aromatic N) is 4. The first-order valence-electron chi connectivity index (χ1n) is 10.9. The molecule has 3 heterocycles. The number of nitrogens with one attached hydrogen (secondary N) is 1. The Morgan fingerprint density at radius 1 is 1.06 bits per heavy atom. The predicted octanol–water partition coefficient (Wildman–Crippen LogP) is 6.45.